The fraction of sp³-hybridized carbons (Fsp3) is 0.222. The number of alkyl halides is 3. The van der Waals surface area contributed by atoms with E-state index in [1.54, 1.807) is 19.9 Å². The molecule has 5 nitrogen and oxygen atoms in total. The molecule has 0 bridgehead atoms. The Labute approximate surface area is 201 Å². The molecule has 0 spiro atoms. The molecule has 0 saturated heterocycles. The number of imidazole rings is 1. The molecule has 0 fully saturated rings. The highest BCUT2D eigenvalue weighted by Gasteiger charge is 2.36. The topological polar surface area (TPSA) is 84.2 Å². The molecule has 0 unspecified atom stereocenters. The van der Waals surface area contributed by atoms with Crippen LogP contribution in [0, 0.1) is 6.92 Å². The van der Waals surface area contributed by atoms with Crippen LogP contribution < -0.4 is 10.5 Å². The number of nitrogens with two attached hydrogens (primary N) is 1. The zero-order chi connectivity index (χ0) is 25.2. The van der Waals surface area contributed by atoms with E-state index in [4.69, 9.17) is 10.5 Å². The average molecular weight is 482 g/mol. The first-order valence-corrected chi connectivity index (χ1v) is 11.0. The van der Waals surface area contributed by atoms with Crippen molar-refractivity contribution in [2.75, 3.05) is 6.61 Å². The van der Waals surface area contributed by atoms with E-state index in [1.807, 2.05) is 54.6 Å². The lowest BCUT2D eigenvalue weighted by Gasteiger charge is -2.19. The Bertz CT molecular complexity index is 1300. The predicted octanol–water partition coefficient (Wildman–Crippen LogP) is 5.82. The number of halogens is 3. The molecule has 0 aliphatic rings. The second kappa shape index (κ2) is 9.56. The van der Waals surface area contributed by atoms with E-state index in [-0.39, 0.29) is 24.8 Å². The largest absolute Gasteiger partial charge is 0.488 e. The number of nitrogens with zero attached hydrogens (tertiary/aromatic N) is 1. The Morgan fingerprint density at radius 1 is 0.971 bits per heavy atom. The molecule has 4 aromatic rings. The summed E-state index contributed by atoms with van der Waals surface area (Å²) in [7, 11) is 0. The van der Waals surface area contributed by atoms with E-state index < -0.39 is 17.3 Å². The zero-order valence-corrected chi connectivity index (χ0v) is 19.4. The smallest absolute Gasteiger partial charge is 0.419 e. The molecule has 0 saturated carbocycles. The fourth-order valence-corrected chi connectivity index (χ4v) is 3.74. The molecular formula is C27H26F3N3O2. The summed E-state index contributed by atoms with van der Waals surface area (Å²) >= 11 is 0. The van der Waals surface area contributed by atoms with Crippen molar-refractivity contribution in [2.45, 2.75) is 32.2 Å². The van der Waals surface area contributed by atoms with Gasteiger partial charge in [-0.1, -0.05) is 54.6 Å². The van der Waals surface area contributed by atoms with E-state index in [0.29, 0.717) is 16.8 Å². The number of hydrogen-bond donors (Lipinski definition) is 3. The standard InChI is InChI=1S/C27H26F3N3O2/c1-17-12-21(23-14-32-25(33-23)26(2,31)16-34)13-22(27(28,29)30)24(17)35-15-18-8-10-20(11-9-18)19-6-4-3-5-7-19/h3-14,34H,15-16,31H2,1-2H3,(H,32,33)/t26-/m0/s1. The predicted molar refractivity (Wildman–Crippen MR) is 129 cm³/mol. The van der Waals surface area contributed by atoms with Gasteiger partial charge in [0.05, 0.1) is 29.6 Å². The molecule has 3 aromatic carbocycles. The molecule has 0 aliphatic heterocycles. The number of aliphatic hydroxyl groups is 1. The summed E-state index contributed by atoms with van der Waals surface area (Å²) in [5, 5.41) is 9.43. The van der Waals surface area contributed by atoms with Gasteiger partial charge in [-0.05, 0) is 48.2 Å². The quantitative estimate of drug-likeness (QED) is 0.311. The van der Waals surface area contributed by atoms with Crippen LogP contribution in [0.4, 0.5) is 13.2 Å². The lowest BCUT2D eigenvalue weighted by Crippen LogP contribution is -2.38. The lowest BCUT2D eigenvalue weighted by atomic mass is 10.0. The third kappa shape index (κ3) is 5.39. The highest BCUT2D eigenvalue weighted by atomic mass is 19.4. The fourth-order valence-electron chi connectivity index (χ4n) is 3.74. The van der Waals surface area contributed by atoms with Crippen molar-refractivity contribution in [2.24, 2.45) is 5.73 Å². The molecular weight excluding hydrogens is 455 g/mol. The number of aliphatic hydroxyl groups excluding tert-OH is 1. The number of nitrogens with one attached hydrogen (secondary N) is 1. The van der Waals surface area contributed by atoms with Gasteiger partial charge in [0.2, 0.25) is 0 Å². The minimum atomic E-state index is -4.62. The summed E-state index contributed by atoms with van der Waals surface area (Å²) in [5.41, 5.74) is 7.78. The SMILES string of the molecule is Cc1cc(-c2cnc([C@@](C)(N)CO)[nH]2)cc(C(F)(F)F)c1OCc1ccc(-c2ccccc2)cc1. The Morgan fingerprint density at radius 3 is 2.26 bits per heavy atom. The maximum atomic E-state index is 14.0. The molecule has 8 heteroatoms. The molecule has 1 atom stereocenters. The van der Waals surface area contributed by atoms with Gasteiger partial charge in [-0.2, -0.15) is 13.2 Å². The van der Waals surface area contributed by atoms with Crippen LogP contribution in [0.1, 0.15) is 29.4 Å². The number of benzene rings is 3. The first kappa shape index (κ1) is 24.5. The average Bonchev–Trinajstić information content (AvgIpc) is 3.35. The van der Waals surface area contributed by atoms with Crippen molar-refractivity contribution in [3.8, 4) is 28.1 Å². The summed E-state index contributed by atoms with van der Waals surface area (Å²) in [6.45, 7) is 2.77. The van der Waals surface area contributed by atoms with Crippen LogP contribution in [0.15, 0.2) is 72.9 Å². The van der Waals surface area contributed by atoms with Gasteiger partial charge in [0.25, 0.3) is 0 Å². The number of aryl methyl sites for hydroxylation is 1. The second-order valence-corrected chi connectivity index (χ2v) is 8.74. The molecule has 1 aromatic heterocycles. The number of aromatic amines is 1. The first-order valence-electron chi connectivity index (χ1n) is 11.0. The molecule has 35 heavy (non-hydrogen) atoms. The van der Waals surface area contributed by atoms with E-state index in [2.05, 4.69) is 9.97 Å². The van der Waals surface area contributed by atoms with Gasteiger partial charge in [0.15, 0.2) is 0 Å². The van der Waals surface area contributed by atoms with Gasteiger partial charge in [-0.25, -0.2) is 4.98 Å². The zero-order valence-electron chi connectivity index (χ0n) is 19.4. The number of H-pyrrole nitrogens is 1. The molecule has 0 aliphatic carbocycles. The summed E-state index contributed by atoms with van der Waals surface area (Å²) in [6, 6.07) is 20.0. The van der Waals surface area contributed by atoms with Crippen molar-refractivity contribution < 1.29 is 23.0 Å². The van der Waals surface area contributed by atoms with Crippen molar-refractivity contribution >= 4 is 0 Å². The van der Waals surface area contributed by atoms with E-state index in [1.165, 1.54) is 6.20 Å². The van der Waals surface area contributed by atoms with Crippen LogP contribution in [0.3, 0.4) is 0 Å². The van der Waals surface area contributed by atoms with Crippen molar-refractivity contribution in [1.82, 2.24) is 9.97 Å². The monoisotopic (exact) mass is 481 g/mol. The normalized spacial score (nSPS) is 13.5. The maximum Gasteiger partial charge on any atom is 0.419 e. The number of rotatable bonds is 7. The van der Waals surface area contributed by atoms with Crippen molar-refractivity contribution in [3.63, 3.8) is 0 Å². The minimum absolute atomic E-state index is 0.00539. The third-order valence-electron chi connectivity index (χ3n) is 5.78. The van der Waals surface area contributed by atoms with Crippen molar-refractivity contribution in [3.05, 3.63) is 95.4 Å². The van der Waals surface area contributed by atoms with E-state index >= 15 is 0 Å². The van der Waals surface area contributed by atoms with Crippen LogP contribution in [0.25, 0.3) is 22.4 Å². The summed E-state index contributed by atoms with van der Waals surface area (Å²) in [6.07, 6.45) is -3.22. The molecule has 0 radical (unpaired) electrons. The lowest BCUT2D eigenvalue weighted by molar-refractivity contribution is -0.139. The molecule has 4 N–H and O–H groups in total. The van der Waals surface area contributed by atoms with Gasteiger partial charge in [-0.3, -0.25) is 0 Å². The van der Waals surface area contributed by atoms with Crippen LogP contribution in [-0.2, 0) is 18.3 Å². The molecule has 1 heterocycles. The third-order valence-corrected chi connectivity index (χ3v) is 5.78. The Morgan fingerprint density at radius 2 is 1.63 bits per heavy atom. The highest BCUT2D eigenvalue weighted by molar-refractivity contribution is 5.65. The van der Waals surface area contributed by atoms with Crippen LogP contribution in [0.5, 0.6) is 5.75 Å². The highest BCUT2D eigenvalue weighted by Crippen LogP contribution is 2.41. The van der Waals surface area contributed by atoms with E-state index in [9.17, 15) is 18.3 Å². The number of ether oxygens (including phenoxy) is 1. The van der Waals surface area contributed by atoms with Gasteiger partial charge in [-0.15, -0.1) is 0 Å². The Hall–Kier alpha value is -3.62. The van der Waals surface area contributed by atoms with Gasteiger partial charge in [0.1, 0.15) is 18.2 Å². The minimum Gasteiger partial charge on any atom is -0.488 e. The number of hydrogen-bond acceptors (Lipinski definition) is 4. The van der Waals surface area contributed by atoms with Crippen LogP contribution in [0.2, 0.25) is 0 Å². The molecule has 182 valence electrons. The first-order chi connectivity index (χ1) is 16.6. The van der Waals surface area contributed by atoms with Crippen LogP contribution in [-0.4, -0.2) is 21.7 Å². The Kier molecular flexibility index (Phi) is 6.69. The molecule has 4 rings (SSSR count). The maximum absolute atomic E-state index is 14.0. The second-order valence-electron chi connectivity index (χ2n) is 8.74. The summed E-state index contributed by atoms with van der Waals surface area (Å²) < 4.78 is 47.6. The van der Waals surface area contributed by atoms with Crippen LogP contribution >= 0.6 is 0 Å². The van der Waals surface area contributed by atoms with Gasteiger partial charge in [0, 0.05) is 5.56 Å². The van der Waals surface area contributed by atoms with Gasteiger partial charge < -0.3 is 20.6 Å². The number of aromatic nitrogens is 2. The van der Waals surface area contributed by atoms with Crippen molar-refractivity contribution in [1.29, 1.82) is 0 Å². The Balaban J connectivity index is 1.60. The summed E-state index contributed by atoms with van der Waals surface area (Å²) in [4.78, 5) is 7.05. The summed E-state index contributed by atoms with van der Waals surface area (Å²) in [5.74, 6) is 0.0626. The molecule has 0 amide bonds. The van der Waals surface area contributed by atoms with E-state index in [0.717, 1.165) is 22.8 Å². The van der Waals surface area contributed by atoms with Gasteiger partial charge >= 0.3 is 6.18 Å².